The smallest absolute Gasteiger partial charge is 0.240 e. The van der Waals surface area contributed by atoms with Gasteiger partial charge < -0.3 is 5.32 Å². The van der Waals surface area contributed by atoms with Crippen molar-refractivity contribution in [2.24, 2.45) is 0 Å². The van der Waals surface area contributed by atoms with Crippen LogP contribution in [0.1, 0.15) is 32.1 Å². The summed E-state index contributed by atoms with van der Waals surface area (Å²) in [5.74, 6) is 2.61. The van der Waals surface area contributed by atoms with Gasteiger partial charge in [-0.2, -0.15) is 0 Å². The number of unbranched alkanes of at least 4 members (excludes halogenated alkanes) is 2. The minimum atomic E-state index is -3.35. The Balaban J connectivity index is 1.84. The average molecular weight is 292 g/mol. The summed E-state index contributed by atoms with van der Waals surface area (Å²) in [6.07, 6.45) is 9.87. The molecule has 0 aliphatic heterocycles. The van der Waals surface area contributed by atoms with Gasteiger partial charge in [0.2, 0.25) is 10.0 Å². The van der Waals surface area contributed by atoms with Crippen molar-refractivity contribution in [1.29, 1.82) is 0 Å². The summed E-state index contributed by atoms with van der Waals surface area (Å²) < 4.78 is 26.6. The summed E-state index contributed by atoms with van der Waals surface area (Å²) in [6, 6.07) is 6.99. The van der Waals surface area contributed by atoms with Crippen LogP contribution in [0.4, 0.5) is 5.69 Å². The van der Waals surface area contributed by atoms with E-state index < -0.39 is 10.0 Å². The van der Waals surface area contributed by atoms with Crippen molar-refractivity contribution in [3.05, 3.63) is 24.3 Å². The lowest BCUT2D eigenvalue weighted by Gasteiger charge is -2.08. The minimum Gasteiger partial charge on any atom is -0.385 e. The lowest BCUT2D eigenvalue weighted by molar-refractivity contribution is 0.581. The Morgan fingerprint density at radius 2 is 1.90 bits per heavy atom. The van der Waals surface area contributed by atoms with Gasteiger partial charge in [-0.05, 0) is 49.9 Å². The average Bonchev–Trinajstić information content (AvgIpc) is 3.22. The second-order valence-electron chi connectivity index (χ2n) is 5.01. The molecular formula is C15H20N2O2S. The van der Waals surface area contributed by atoms with Gasteiger partial charge in [-0.1, -0.05) is 0 Å². The highest BCUT2D eigenvalue weighted by atomic mass is 32.2. The predicted molar refractivity (Wildman–Crippen MR) is 81.0 cm³/mol. The molecule has 2 N–H and O–H groups in total. The molecule has 0 saturated heterocycles. The van der Waals surface area contributed by atoms with Crippen molar-refractivity contribution < 1.29 is 8.42 Å². The van der Waals surface area contributed by atoms with Crippen LogP contribution in [0.3, 0.4) is 0 Å². The molecule has 108 valence electrons. The molecule has 5 heteroatoms. The van der Waals surface area contributed by atoms with E-state index in [1.165, 1.54) is 0 Å². The quantitative estimate of drug-likeness (QED) is 0.571. The lowest BCUT2D eigenvalue weighted by atomic mass is 10.2. The Hall–Kier alpha value is -1.51. The first kappa shape index (κ1) is 14.9. The number of sulfonamides is 1. The fourth-order valence-electron chi connectivity index (χ4n) is 1.83. The molecule has 1 aliphatic carbocycles. The third kappa shape index (κ3) is 4.55. The molecule has 0 radical (unpaired) electrons. The van der Waals surface area contributed by atoms with Crippen LogP contribution < -0.4 is 10.0 Å². The molecule has 4 nitrogen and oxygen atoms in total. The van der Waals surface area contributed by atoms with Gasteiger partial charge in [-0.25, -0.2) is 13.1 Å². The highest BCUT2D eigenvalue weighted by molar-refractivity contribution is 7.89. The van der Waals surface area contributed by atoms with Crippen LogP contribution in [-0.2, 0) is 10.0 Å². The Bertz CT molecular complexity index is 569. The van der Waals surface area contributed by atoms with Crippen LogP contribution in [0, 0.1) is 12.3 Å². The van der Waals surface area contributed by atoms with Crippen LogP contribution in [0.2, 0.25) is 0 Å². The monoisotopic (exact) mass is 292 g/mol. The van der Waals surface area contributed by atoms with Gasteiger partial charge in [0, 0.05) is 24.7 Å². The molecule has 1 fully saturated rings. The molecule has 0 aromatic heterocycles. The summed E-state index contributed by atoms with van der Waals surface area (Å²) >= 11 is 0. The maximum Gasteiger partial charge on any atom is 0.240 e. The van der Waals surface area contributed by atoms with Crippen LogP contribution in [0.5, 0.6) is 0 Å². The van der Waals surface area contributed by atoms with Crippen molar-refractivity contribution in [3.63, 3.8) is 0 Å². The van der Waals surface area contributed by atoms with Gasteiger partial charge in [0.1, 0.15) is 0 Å². The Morgan fingerprint density at radius 1 is 1.20 bits per heavy atom. The van der Waals surface area contributed by atoms with Gasteiger partial charge in [-0.15, -0.1) is 12.3 Å². The Morgan fingerprint density at radius 3 is 2.50 bits per heavy atom. The van der Waals surface area contributed by atoms with Gasteiger partial charge in [0.15, 0.2) is 0 Å². The number of rotatable bonds is 8. The number of benzene rings is 1. The summed E-state index contributed by atoms with van der Waals surface area (Å²) in [5, 5.41) is 3.25. The fourth-order valence-corrected chi connectivity index (χ4v) is 3.13. The van der Waals surface area contributed by atoms with Crippen molar-refractivity contribution in [1.82, 2.24) is 4.72 Å². The van der Waals surface area contributed by atoms with E-state index in [9.17, 15) is 8.42 Å². The maximum atomic E-state index is 12.0. The highest BCUT2D eigenvalue weighted by Gasteiger charge is 2.27. The standard InChI is InChI=1S/C15H20N2O2S/c1-2-3-4-5-12-16-13-8-10-15(11-9-13)20(18,19)17-14-6-7-14/h1,8-11,14,16-17H,3-7,12H2. The topological polar surface area (TPSA) is 58.2 Å². The second-order valence-corrected chi connectivity index (χ2v) is 6.72. The molecule has 1 aliphatic rings. The van der Waals surface area contributed by atoms with Crippen molar-refractivity contribution >= 4 is 15.7 Å². The second kappa shape index (κ2) is 6.78. The van der Waals surface area contributed by atoms with Crippen molar-refractivity contribution in [2.45, 2.75) is 43.0 Å². The number of nitrogens with one attached hydrogen (secondary N) is 2. The number of anilines is 1. The first-order valence-corrected chi connectivity index (χ1v) is 8.40. The van der Waals surface area contributed by atoms with Crippen LogP contribution >= 0.6 is 0 Å². The van der Waals surface area contributed by atoms with Gasteiger partial charge in [0.25, 0.3) is 0 Å². The van der Waals surface area contributed by atoms with E-state index in [1.807, 2.05) is 0 Å². The Labute approximate surface area is 121 Å². The number of hydrogen-bond acceptors (Lipinski definition) is 3. The zero-order chi connectivity index (χ0) is 14.4. The van der Waals surface area contributed by atoms with E-state index in [0.717, 1.165) is 44.3 Å². The first-order chi connectivity index (χ1) is 9.62. The number of terminal acetylenes is 1. The molecule has 1 aromatic carbocycles. The summed E-state index contributed by atoms with van der Waals surface area (Å²) in [5.41, 5.74) is 0.927. The zero-order valence-electron chi connectivity index (χ0n) is 11.4. The van der Waals surface area contributed by atoms with Crippen molar-refractivity contribution in [3.8, 4) is 12.3 Å². The van der Waals surface area contributed by atoms with Gasteiger partial charge in [0.05, 0.1) is 4.90 Å². The largest absolute Gasteiger partial charge is 0.385 e. The normalized spacial score (nSPS) is 14.8. The van der Waals surface area contributed by atoms with E-state index >= 15 is 0 Å². The highest BCUT2D eigenvalue weighted by Crippen LogP contribution is 2.22. The molecule has 0 spiro atoms. The molecule has 20 heavy (non-hydrogen) atoms. The molecule has 0 atom stereocenters. The molecule has 2 rings (SSSR count). The van der Waals surface area contributed by atoms with E-state index in [0.29, 0.717) is 4.90 Å². The third-order valence-corrected chi connectivity index (χ3v) is 4.68. The third-order valence-electron chi connectivity index (χ3n) is 3.14. The van der Waals surface area contributed by atoms with Crippen LogP contribution in [-0.4, -0.2) is 21.0 Å². The zero-order valence-corrected chi connectivity index (χ0v) is 12.2. The van der Waals surface area contributed by atoms with E-state index in [1.54, 1.807) is 24.3 Å². The van der Waals surface area contributed by atoms with Gasteiger partial charge in [-0.3, -0.25) is 0 Å². The summed E-state index contributed by atoms with van der Waals surface area (Å²) in [4.78, 5) is 0.322. The Kier molecular flexibility index (Phi) is 5.05. The van der Waals surface area contributed by atoms with E-state index in [-0.39, 0.29) is 6.04 Å². The summed E-state index contributed by atoms with van der Waals surface area (Å²) in [6.45, 7) is 0.841. The number of hydrogen-bond donors (Lipinski definition) is 2. The lowest BCUT2D eigenvalue weighted by Crippen LogP contribution is -2.25. The molecule has 1 aromatic rings. The first-order valence-electron chi connectivity index (χ1n) is 6.91. The van der Waals surface area contributed by atoms with E-state index in [2.05, 4.69) is 16.0 Å². The van der Waals surface area contributed by atoms with Crippen molar-refractivity contribution in [2.75, 3.05) is 11.9 Å². The van der Waals surface area contributed by atoms with Crippen LogP contribution in [0.25, 0.3) is 0 Å². The molecule has 0 bridgehead atoms. The molecular weight excluding hydrogens is 272 g/mol. The molecule has 0 unspecified atom stereocenters. The fraction of sp³-hybridized carbons (Fsp3) is 0.467. The minimum absolute atomic E-state index is 0.133. The predicted octanol–water partition coefficient (Wildman–Crippen LogP) is 2.34. The van der Waals surface area contributed by atoms with E-state index in [4.69, 9.17) is 6.42 Å². The maximum absolute atomic E-state index is 12.0. The SMILES string of the molecule is C#CCCCCNc1ccc(S(=O)(=O)NC2CC2)cc1. The molecule has 1 saturated carbocycles. The van der Waals surface area contributed by atoms with Crippen LogP contribution in [0.15, 0.2) is 29.2 Å². The van der Waals surface area contributed by atoms with Gasteiger partial charge >= 0.3 is 0 Å². The summed E-state index contributed by atoms with van der Waals surface area (Å²) in [7, 11) is -3.35. The molecule has 0 heterocycles. The molecule has 0 amide bonds.